The lowest BCUT2D eigenvalue weighted by molar-refractivity contribution is 0.0322. The Hall–Kier alpha value is -2.12. The van der Waals surface area contributed by atoms with Gasteiger partial charge in [0, 0.05) is 31.9 Å². The highest BCUT2D eigenvalue weighted by Gasteiger charge is 2.12. The molecule has 21 heavy (non-hydrogen) atoms. The summed E-state index contributed by atoms with van der Waals surface area (Å²) in [6, 6.07) is 3.49. The van der Waals surface area contributed by atoms with Gasteiger partial charge in [-0.15, -0.1) is 0 Å². The molecule has 0 spiro atoms. The minimum absolute atomic E-state index is 0.175. The third-order valence-corrected chi connectivity index (χ3v) is 3.50. The molecule has 112 valence electrons. The largest absolute Gasteiger partial charge is 0.492 e. The van der Waals surface area contributed by atoms with Gasteiger partial charge in [0.1, 0.15) is 17.9 Å². The quantitative estimate of drug-likeness (QED) is 0.876. The van der Waals surface area contributed by atoms with Crippen molar-refractivity contribution in [3.63, 3.8) is 0 Å². The van der Waals surface area contributed by atoms with Gasteiger partial charge in [-0.05, 0) is 6.07 Å². The molecule has 1 aliphatic rings. The van der Waals surface area contributed by atoms with Crippen molar-refractivity contribution in [2.75, 3.05) is 39.5 Å². The molecule has 3 rings (SSSR count). The molecule has 2 aromatic heterocycles. The maximum absolute atomic E-state index is 11.1. The van der Waals surface area contributed by atoms with Crippen molar-refractivity contribution in [1.82, 2.24) is 14.5 Å². The number of pyridine rings is 1. The van der Waals surface area contributed by atoms with Gasteiger partial charge in [-0.1, -0.05) is 0 Å². The SMILES string of the molecule is O=C(O)c1cnn2ccc(OCCN3CCOCC3)cc12. The standard InChI is InChI=1S/C14H17N3O4/c18-14(19)12-10-15-17-2-1-11(9-13(12)17)21-8-5-16-3-6-20-7-4-16/h1-2,9-10H,3-8H2,(H,18,19). The molecular formula is C14H17N3O4. The Morgan fingerprint density at radius 3 is 3.00 bits per heavy atom. The molecule has 7 nitrogen and oxygen atoms in total. The average molecular weight is 291 g/mol. The normalized spacial score (nSPS) is 16.2. The first-order chi connectivity index (χ1) is 10.2. The third kappa shape index (κ3) is 3.14. The lowest BCUT2D eigenvalue weighted by atomic mass is 10.2. The smallest absolute Gasteiger partial charge is 0.339 e. The lowest BCUT2D eigenvalue weighted by Crippen LogP contribution is -2.38. The van der Waals surface area contributed by atoms with Crippen molar-refractivity contribution in [2.45, 2.75) is 0 Å². The van der Waals surface area contributed by atoms with Crippen LogP contribution in [0.4, 0.5) is 0 Å². The van der Waals surface area contributed by atoms with Gasteiger partial charge in [-0.3, -0.25) is 4.90 Å². The number of hydrogen-bond acceptors (Lipinski definition) is 5. The molecule has 0 radical (unpaired) electrons. The first kappa shape index (κ1) is 13.8. The fourth-order valence-corrected chi connectivity index (χ4v) is 2.33. The molecule has 1 N–H and O–H groups in total. The first-order valence-corrected chi connectivity index (χ1v) is 6.87. The molecule has 2 aromatic rings. The molecule has 0 atom stereocenters. The van der Waals surface area contributed by atoms with Crippen molar-refractivity contribution < 1.29 is 19.4 Å². The van der Waals surface area contributed by atoms with Crippen LogP contribution in [0, 0.1) is 0 Å². The Morgan fingerprint density at radius 2 is 2.24 bits per heavy atom. The van der Waals surface area contributed by atoms with Crippen LogP contribution in [-0.4, -0.2) is 65.0 Å². The molecule has 0 bridgehead atoms. The van der Waals surface area contributed by atoms with E-state index in [1.165, 1.54) is 10.7 Å². The van der Waals surface area contributed by atoms with E-state index in [1.54, 1.807) is 18.3 Å². The van der Waals surface area contributed by atoms with Crippen LogP contribution in [0.3, 0.4) is 0 Å². The second-order valence-corrected chi connectivity index (χ2v) is 4.86. The second kappa shape index (κ2) is 6.11. The van der Waals surface area contributed by atoms with E-state index in [4.69, 9.17) is 14.6 Å². The van der Waals surface area contributed by atoms with Crippen LogP contribution < -0.4 is 4.74 Å². The topological polar surface area (TPSA) is 76.3 Å². The van der Waals surface area contributed by atoms with E-state index in [1.807, 2.05) is 0 Å². The zero-order valence-corrected chi connectivity index (χ0v) is 11.6. The summed E-state index contributed by atoms with van der Waals surface area (Å²) in [5, 5.41) is 13.1. The highest BCUT2D eigenvalue weighted by Crippen LogP contribution is 2.18. The summed E-state index contributed by atoms with van der Waals surface area (Å²) >= 11 is 0. The highest BCUT2D eigenvalue weighted by atomic mass is 16.5. The average Bonchev–Trinajstić information content (AvgIpc) is 2.92. The molecule has 0 unspecified atom stereocenters. The number of nitrogens with zero attached hydrogens (tertiary/aromatic N) is 3. The summed E-state index contributed by atoms with van der Waals surface area (Å²) < 4.78 is 12.5. The van der Waals surface area contributed by atoms with Crippen molar-refractivity contribution in [3.8, 4) is 5.75 Å². The number of carboxylic acid groups (broad SMARTS) is 1. The van der Waals surface area contributed by atoms with E-state index in [2.05, 4.69) is 10.00 Å². The Bertz CT molecular complexity index is 634. The van der Waals surface area contributed by atoms with Gasteiger partial charge in [0.2, 0.25) is 0 Å². The molecular weight excluding hydrogens is 274 g/mol. The lowest BCUT2D eigenvalue weighted by Gasteiger charge is -2.26. The Labute approximate surface area is 121 Å². The van der Waals surface area contributed by atoms with E-state index >= 15 is 0 Å². The number of hydrogen-bond donors (Lipinski definition) is 1. The maximum Gasteiger partial charge on any atom is 0.339 e. The molecule has 0 aromatic carbocycles. The number of carbonyl (C=O) groups is 1. The second-order valence-electron chi connectivity index (χ2n) is 4.86. The van der Waals surface area contributed by atoms with Gasteiger partial charge < -0.3 is 14.6 Å². The van der Waals surface area contributed by atoms with Gasteiger partial charge in [-0.2, -0.15) is 5.10 Å². The van der Waals surface area contributed by atoms with Gasteiger partial charge >= 0.3 is 5.97 Å². The van der Waals surface area contributed by atoms with Crippen LogP contribution in [0.15, 0.2) is 24.5 Å². The summed E-state index contributed by atoms with van der Waals surface area (Å²) in [5.41, 5.74) is 0.708. The maximum atomic E-state index is 11.1. The van der Waals surface area contributed by atoms with Crippen LogP contribution in [0.5, 0.6) is 5.75 Å². The summed E-state index contributed by atoms with van der Waals surface area (Å²) in [6.45, 7) is 4.78. The van der Waals surface area contributed by atoms with E-state index in [9.17, 15) is 4.79 Å². The number of rotatable bonds is 5. The van der Waals surface area contributed by atoms with Crippen LogP contribution in [0.1, 0.15) is 10.4 Å². The highest BCUT2D eigenvalue weighted by molar-refractivity contribution is 5.95. The Morgan fingerprint density at radius 1 is 1.43 bits per heavy atom. The van der Waals surface area contributed by atoms with E-state index in [-0.39, 0.29) is 5.56 Å². The van der Waals surface area contributed by atoms with Crippen LogP contribution >= 0.6 is 0 Å². The van der Waals surface area contributed by atoms with Crippen LogP contribution in [-0.2, 0) is 4.74 Å². The molecule has 0 saturated carbocycles. The van der Waals surface area contributed by atoms with Gasteiger partial charge in [0.25, 0.3) is 0 Å². The molecule has 1 fully saturated rings. The molecule has 0 amide bonds. The summed E-state index contributed by atoms with van der Waals surface area (Å²) in [5.74, 6) is -0.339. The zero-order chi connectivity index (χ0) is 14.7. The fourth-order valence-electron chi connectivity index (χ4n) is 2.33. The predicted octanol–water partition coefficient (Wildman–Crippen LogP) is 0.743. The molecule has 0 aliphatic carbocycles. The van der Waals surface area contributed by atoms with E-state index < -0.39 is 5.97 Å². The number of fused-ring (bicyclic) bond motifs is 1. The Kier molecular flexibility index (Phi) is 4.03. The van der Waals surface area contributed by atoms with Gasteiger partial charge in [0.15, 0.2) is 0 Å². The summed E-state index contributed by atoms with van der Waals surface area (Å²) in [7, 11) is 0. The van der Waals surface area contributed by atoms with Gasteiger partial charge in [0.05, 0.1) is 24.9 Å². The number of ether oxygens (including phenoxy) is 2. The van der Waals surface area contributed by atoms with Gasteiger partial charge in [-0.25, -0.2) is 9.31 Å². The summed E-state index contributed by atoms with van der Waals surface area (Å²) in [4.78, 5) is 13.4. The molecule has 3 heterocycles. The van der Waals surface area contributed by atoms with Crippen LogP contribution in [0.25, 0.3) is 5.52 Å². The Balaban J connectivity index is 1.63. The number of carboxylic acids is 1. The third-order valence-electron chi connectivity index (χ3n) is 3.50. The van der Waals surface area contributed by atoms with E-state index in [0.29, 0.717) is 17.9 Å². The fraction of sp³-hybridized carbons (Fsp3) is 0.429. The minimum Gasteiger partial charge on any atom is -0.492 e. The first-order valence-electron chi connectivity index (χ1n) is 6.87. The predicted molar refractivity (Wildman–Crippen MR) is 74.9 cm³/mol. The molecule has 1 saturated heterocycles. The van der Waals surface area contributed by atoms with Crippen molar-refractivity contribution in [3.05, 3.63) is 30.1 Å². The van der Waals surface area contributed by atoms with Crippen molar-refractivity contribution >= 4 is 11.5 Å². The van der Waals surface area contributed by atoms with E-state index in [0.717, 1.165) is 32.8 Å². The number of aromatic carboxylic acids is 1. The molecule has 1 aliphatic heterocycles. The molecule has 7 heteroatoms. The van der Waals surface area contributed by atoms with Crippen molar-refractivity contribution in [1.29, 1.82) is 0 Å². The number of morpholine rings is 1. The minimum atomic E-state index is -0.990. The van der Waals surface area contributed by atoms with Crippen molar-refractivity contribution in [2.24, 2.45) is 0 Å². The monoisotopic (exact) mass is 291 g/mol. The zero-order valence-electron chi connectivity index (χ0n) is 11.6. The van der Waals surface area contributed by atoms with Crippen LogP contribution in [0.2, 0.25) is 0 Å². The number of aromatic nitrogens is 2. The summed E-state index contributed by atoms with van der Waals surface area (Å²) in [6.07, 6.45) is 3.04.